The molecule has 2 aromatic carbocycles. The summed E-state index contributed by atoms with van der Waals surface area (Å²) in [5.74, 6) is 0.573. The van der Waals surface area contributed by atoms with E-state index in [9.17, 15) is 4.79 Å². The van der Waals surface area contributed by atoms with Crippen molar-refractivity contribution >= 4 is 22.2 Å². The molecule has 1 amide bonds. The Bertz CT molecular complexity index is 859. The number of anilines is 1. The first kappa shape index (κ1) is 17.0. The number of carbonyl (C=O) groups is 1. The quantitative estimate of drug-likeness (QED) is 0.694. The topological polar surface area (TPSA) is 64.3 Å². The molecule has 3 N–H and O–H groups in total. The molecule has 0 aliphatic carbocycles. The summed E-state index contributed by atoms with van der Waals surface area (Å²) in [7, 11) is 0. The summed E-state index contributed by atoms with van der Waals surface area (Å²) in [5.41, 5.74) is 9.32. The molecule has 4 nitrogen and oxygen atoms in total. The van der Waals surface area contributed by atoms with Gasteiger partial charge in [0, 0.05) is 23.1 Å². The molecule has 0 saturated heterocycles. The standard InChI is InChI=1S/C20H20N2O2S/c1-2-24-17-11-7-6-10-15(17)16-13-25-19(21)18(16)20(23)22-12-14-8-4-3-5-9-14/h3-11,13H,2,12,21H2,1H3,(H,22,23). The molecule has 128 valence electrons. The molecule has 0 saturated carbocycles. The Hall–Kier alpha value is -2.79. The lowest BCUT2D eigenvalue weighted by molar-refractivity contribution is 0.0953. The van der Waals surface area contributed by atoms with Crippen LogP contribution in [0.1, 0.15) is 22.8 Å². The van der Waals surface area contributed by atoms with Crippen molar-refractivity contribution in [1.82, 2.24) is 5.32 Å². The second-order valence-electron chi connectivity index (χ2n) is 5.49. The zero-order valence-corrected chi connectivity index (χ0v) is 14.8. The van der Waals surface area contributed by atoms with Gasteiger partial charge >= 0.3 is 0 Å². The number of nitrogens with two attached hydrogens (primary N) is 1. The van der Waals surface area contributed by atoms with E-state index < -0.39 is 0 Å². The van der Waals surface area contributed by atoms with E-state index in [2.05, 4.69) is 5.32 Å². The van der Waals surface area contributed by atoms with Crippen molar-refractivity contribution in [2.45, 2.75) is 13.5 Å². The second kappa shape index (κ2) is 7.85. The number of rotatable bonds is 6. The molecule has 5 heteroatoms. The van der Waals surface area contributed by atoms with Gasteiger partial charge in [-0.05, 0) is 18.6 Å². The van der Waals surface area contributed by atoms with Crippen LogP contribution in [0.25, 0.3) is 11.1 Å². The molecule has 25 heavy (non-hydrogen) atoms. The number of benzene rings is 2. The third-order valence-corrected chi connectivity index (χ3v) is 4.63. The molecule has 0 fully saturated rings. The molecule has 1 heterocycles. The van der Waals surface area contributed by atoms with Crippen LogP contribution >= 0.6 is 11.3 Å². The molecule has 0 radical (unpaired) electrons. The Kier molecular flexibility index (Phi) is 5.36. The van der Waals surface area contributed by atoms with E-state index in [0.29, 0.717) is 23.7 Å². The van der Waals surface area contributed by atoms with Gasteiger partial charge in [-0.15, -0.1) is 11.3 Å². The lowest BCUT2D eigenvalue weighted by Crippen LogP contribution is -2.23. The Morgan fingerprint density at radius 2 is 1.80 bits per heavy atom. The molecule has 1 aromatic heterocycles. The monoisotopic (exact) mass is 352 g/mol. The van der Waals surface area contributed by atoms with Crippen LogP contribution in [-0.2, 0) is 6.54 Å². The third kappa shape index (κ3) is 3.83. The molecule has 0 bridgehead atoms. The fourth-order valence-electron chi connectivity index (χ4n) is 2.64. The smallest absolute Gasteiger partial charge is 0.255 e. The van der Waals surface area contributed by atoms with Gasteiger partial charge in [-0.25, -0.2) is 0 Å². The van der Waals surface area contributed by atoms with Gasteiger partial charge in [0.1, 0.15) is 5.75 Å². The molecular weight excluding hydrogens is 332 g/mol. The number of hydrogen-bond acceptors (Lipinski definition) is 4. The highest BCUT2D eigenvalue weighted by Gasteiger charge is 2.20. The van der Waals surface area contributed by atoms with E-state index in [4.69, 9.17) is 10.5 Å². The average Bonchev–Trinajstić information content (AvgIpc) is 3.03. The Morgan fingerprint density at radius 3 is 2.56 bits per heavy atom. The van der Waals surface area contributed by atoms with Crippen molar-refractivity contribution in [3.8, 4) is 16.9 Å². The molecule has 0 unspecified atom stereocenters. The number of carbonyl (C=O) groups excluding carboxylic acids is 1. The number of para-hydroxylation sites is 1. The zero-order valence-electron chi connectivity index (χ0n) is 14.0. The highest BCUT2D eigenvalue weighted by Crippen LogP contribution is 2.38. The van der Waals surface area contributed by atoms with Crippen molar-refractivity contribution in [3.63, 3.8) is 0 Å². The summed E-state index contributed by atoms with van der Waals surface area (Å²) in [6.45, 7) is 2.96. The van der Waals surface area contributed by atoms with Crippen LogP contribution in [0.4, 0.5) is 5.00 Å². The normalized spacial score (nSPS) is 10.4. The lowest BCUT2D eigenvalue weighted by atomic mass is 10.0. The maximum Gasteiger partial charge on any atom is 0.255 e. The van der Waals surface area contributed by atoms with E-state index in [1.54, 1.807) is 0 Å². The summed E-state index contributed by atoms with van der Waals surface area (Å²) < 4.78 is 5.70. The highest BCUT2D eigenvalue weighted by atomic mass is 32.1. The van der Waals surface area contributed by atoms with Gasteiger partial charge in [0.15, 0.2) is 0 Å². The maximum atomic E-state index is 12.7. The fourth-order valence-corrected chi connectivity index (χ4v) is 3.45. The first-order chi connectivity index (χ1) is 12.2. The minimum atomic E-state index is -0.177. The number of hydrogen-bond donors (Lipinski definition) is 2. The second-order valence-corrected chi connectivity index (χ2v) is 6.40. The van der Waals surface area contributed by atoms with Gasteiger partial charge in [-0.3, -0.25) is 4.79 Å². The van der Waals surface area contributed by atoms with Gasteiger partial charge < -0.3 is 15.8 Å². The van der Waals surface area contributed by atoms with Crippen molar-refractivity contribution in [3.05, 3.63) is 71.1 Å². The number of thiophene rings is 1. The van der Waals surface area contributed by atoms with Crippen molar-refractivity contribution < 1.29 is 9.53 Å². The van der Waals surface area contributed by atoms with Crippen LogP contribution in [0.15, 0.2) is 60.0 Å². The lowest BCUT2D eigenvalue weighted by Gasteiger charge is -2.12. The minimum Gasteiger partial charge on any atom is -0.493 e. The van der Waals surface area contributed by atoms with Gasteiger partial charge in [0.2, 0.25) is 0 Å². The summed E-state index contributed by atoms with van der Waals surface area (Å²) in [6.07, 6.45) is 0. The first-order valence-corrected chi connectivity index (χ1v) is 9.00. The van der Waals surface area contributed by atoms with E-state index in [0.717, 1.165) is 22.4 Å². The van der Waals surface area contributed by atoms with Gasteiger partial charge in [-0.1, -0.05) is 48.5 Å². The summed E-state index contributed by atoms with van der Waals surface area (Å²) >= 11 is 1.36. The molecular formula is C20H20N2O2S. The number of amides is 1. The summed E-state index contributed by atoms with van der Waals surface area (Å²) in [5, 5.41) is 5.36. The molecule has 0 spiro atoms. The van der Waals surface area contributed by atoms with Crippen molar-refractivity contribution in [2.24, 2.45) is 0 Å². The Labute approximate surface area is 151 Å². The SMILES string of the molecule is CCOc1ccccc1-c1csc(N)c1C(=O)NCc1ccccc1. The fraction of sp³-hybridized carbons (Fsp3) is 0.150. The molecule has 3 aromatic rings. The molecule has 3 rings (SSSR count). The number of ether oxygens (including phenoxy) is 1. The summed E-state index contributed by atoms with van der Waals surface area (Å²) in [6, 6.07) is 17.5. The predicted octanol–water partition coefficient (Wildman–Crippen LogP) is 4.33. The van der Waals surface area contributed by atoms with Crippen LogP contribution < -0.4 is 15.8 Å². The third-order valence-electron chi connectivity index (χ3n) is 3.82. The Balaban J connectivity index is 1.88. The summed E-state index contributed by atoms with van der Waals surface area (Å²) in [4.78, 5) is 12.7. The van der Waals surface area contributed by atoms with Gasteiger partial charge in [0.05, 0.1) is 17.2 Å². The molecule has 0 atom stereocenters. The van der Waals surface area contributed by atoms with E-state index in [-0.39, 0.29) is 5.91 Å². The first-order valence-electron chi connectivity index (χ1n) is 8.12. The van der Waals surface area contributed by atoms with Crippen LogP contribution in [0.3, 0.4) is 0 Å². The maximum absolute atomic E-state index is 12.7. The van der Waals surface area contributed by atoms with Gasteiger partial charge in [-0.2, -0.15) is 0 Å². The highest BCUT2D eigenvalue weighted by molar-refractivity contribution is 7.15. The predicted molar refractivity (Wildman–Crippen MR) is 103 cm³/mol. The molecule has 0 aliphatic heterocycles. The van der Waals surface area contributed by atoms with Crippen LogP contribution in [0.2, 0.25) is 0 Å². The van der Waals surface area contributed by atoms with Crippen molar-refractivity contribution in [1.29, 1.82) is 0 Å². The largest absolute Gasteiger partial charge is 0.493 e. The van der Waals surface area contributed by atoms with Gasteiger partial charge in [0.25, 0.3) is 5.91 Å². The van der Waals surface area contributed by atoms with Crippen molar-refractivity contribution in [2.75, 3.05) is 12.3 Å². The van der Waals surface area contributed by atoms with E-state index >= 15 is 0 Å². The number of nitrogen functional groups attached to an aromatic ring is 1. The minimum absolute atomic E-state index is 0.177. The zero-order chi connectivity index (χ0) is 17.6. The Morgan fingerprint density at radius 1 is 1.08 bits per heavy atom. The molecule has 0 aliphatic rings. The van der Waals surface area contributed by atoms with Crippen LogP contribution in [0.5, 0.6) is 5.75 Å². The van der Waals surface area contributed by atoms with E-state index in [1.165, 1.54) is 11.3 Å². The van der Waals surface area contributed by atoms with Crippen LogP contribution in [0, 0.1) is 0 Å². The van der Waals surface area contributed by atoms with E-state index in [1.807, 2.05) is 66.9 Å². The number of nitrogens with one attached hydrogen (secondary N) is 1. The average molecular weight is 352 g/mol. The van der Waals surface area contributed by atoms with Crippen LogP contribution in [-0.4, -0.2) is 12.5 Å².